The van der Waals surface area contributed by atoms with E-state index in [2.05, 4.69) is 142 Å². The predicted octanol–water partition coefficient (Wildman–Crippen LogP) is 11.7. The minimum atomic E-state index is 1.08. The van der Waals surface area contributed by atoms with E-state index in [4.69, 9.17) is 0 Å². The van der Waals surface area contributed by atoms with Crippen molar-refractivity contribution in [2.24, 2.45) is 0 Å². The molecule has 224 valence electrons. The molecule has 9 aromatic rings. The predicted molar refractivity (Wildman–Crippen MR) is 200 cm³/mol. The molecule has 0 aliphatic carbocycles. The van der Waals surface area contributed by atoms with E-state index in [-0.39, 0.29) is 0 Å². The average molecular weight is 612 g/mol. The number of hydrogen-bond acceptors (Lipinski definition) is 3. The van der Waals surface area contributed by atoms with Crippen LogP contribution < -0.4 is 0 Å². The van der Waals surface area contributed by atoms with Crippen molar-refractivity contribution in [3.8, 4) is 55.6 Å². The Labute approximate surface area is 278 Å². The highest BCUT2D eigenvalue weighted by molar-refractivity contribution is 6.23. The van der Waals surface area contributed by atoms with E-state index in [1.165, 1.54) is 60.1 Å². The smallest absolute Gasteiger partial charge is 0.0346 e. The number of rotatable bonds is 5. The lowest BCUT2D eigenvalue weighted by molar-refractivity contribution is 1.30. The van der Waals surface area contributed by atoms with E-state index in [9.17, 15) is 0 Å². The van der Waals surface area contributed by atoms with Crippen molar-refractivity contribution in [3.05, 3.63) is 177 Å². The fourth-order valence-electron chi connectivity index (χ4n) is 7.17. The summed E-state index contributed by atoms with van der Waals surface area (Å²) >= 11 is 0. The van der Waals surface area contributed by atoms with Crippen LogP contribution in [-0.4, -0.2) is 15.0 Å². The zero-order valence-corrected chi connectivity index (χ0v) is 26.1. The minimum absolute atomic E-state index is 1.08. The number of hydrogen-bond donors (Lipinski definition) is 0. The maximum atomic E-state index is 4.56. The zero-order valence-electron chi connectivity index (χ0n) is 26.1. The molecule has 48 heavy (non-hydrogen) atoms. The number of benzene rings is 6. The SMILES string of the molecule is c1ccc2c(-c3ccncc3)c(-c3c4ccccc4c(-c4ccc(-c5cncc(-c6ccncc6)c5)cc4)c4ccccc34)ccc2c1. The van der Waals surface area contributed by atoms with Gasteiger partial charge in [-0.1, -0.05) is 109 Å². The van der Waals surface area contributed by atoms with Gasteiger partial charge < -0.3 is 0 Å². The second-order valence-electron chi connectivity index (χ2n) is 12.1. The van der Waals surface area contributed by atoms with Gasteiger partial charge in [-0.05, 0) is 107 Å². The van der Waals surface area contributed by atoms with Gasteiger partial charge in [-0.3, -0.25) is 15.0 Å². The molecule has 3 nitrogen and oxygen atoms in total. The molecule has 0 radical (unpaired) electrons. The Kier molecular flexibility index (Phi) is 6.80. The van der Waals surface area contributed by atoms with Gasteiger partial charge in [0.1, 0.15) is 0 Å². The van der Waals surface area contributed by atoms with E-state index in [0.717, 1.165) is 27.8 Å². The largest absolute Gasteiger partial charge is 0.265 e. The minimum Gasteiger partial charge on any atom is -0.265 e. The summed E-state index contributed by atoms with van der Waals surface area (Å²) in [5.74, 6) is 0. The van der Waals surface area contributed by atoms with E-state index in [0.29, 0.717) is 0 Å². The maximum Gasteiger partial charge on any atom is 0.0346 e. The molecule has 3 heteroatoms. The number of pyridine rings is 3. The van der Waals surface area contributed by atoms with Crippen LogP contribution in [-0.2, 0) is 0 Å². The fraction of sp³-hybridized carbons (Fsp3) is 0. The van der Waals surface area contributed by atoms with Gasteiger partial charge in [-0.2, -0.15) is 0 Å². The molecule has 3 heterocycles. The lowest BCUT2D eigenvalue weighted by Crippen LogP contribution is -1.94. The standard InChI is InChI=1S/C45H29N3/c1-2-8-37-32(7-1)17-18-42(43(37)34-21-25-47-26-22-34)45-40-11-5-3-9-38(40)44(39-10-4-6-12-41(39)45)33-15-13-30(14-16-33)35-27-36(29-48-28-35)31-19-23-46-24-20-31/h1-29H. The maximum absolute atomic E-state index is 4.56. The first kappa shape index (κ1) is 27.8. The Hall–Kier alpha value is -6.45. The van der Waals surface area contributed by atoms with Gasteiger partial charge in [0, 0.05) is 48.3 Å². The van der Waals surface area contributed by atoms with Gasteiger partial charge in [0.2, 0.25) is 0 Å². The van der Waals surface area contributed by atoms with Gasteiger partial charge in [0.15, 0.2) is 0 Å². The first-order valence-electron chi connectivity index (χ1n) is 16.2. The van der Waals surface area contributed by atoms with Crippen molar-refractivity contribution in [1.29, 1.82) is 0 Å². The normalized spacial score (nSPS) is 11.3. The Bertz CT molecular complexity index is 2540. The van der Waals surface area contributed by atoms with Crippen molar-refractivity contribution in [1.82, 2.24) is 15.0 Å². The lowest BCUT2D eigenvalue weighted by Gasteiger charge is -2.21. The van der Waals surface area contributed by atoms with E-state index < -0.39 is 0 Å². The molecule has 0 saturated heterocycles. The summed E-state index contributed by atoms with van der Waals surface area (Å²) in [6.45, 7) is 0. The molecule has 0 aliphatic heterocycles. The number of nitrogens with zero attached hydrogens (tertiary/aromatic N) is 3. The quantitative estimate of drug-likeness (QED) is 0.182. The third kappa shape index (κ3) is 4.72. The molecule has 0 atom stereocenters. The molecule has 0 bridgehead atoms. The average Bonchev–Trinajstić information content (AvgIpc) is 3.17. The van der Waals surface area contributed by atoms with Crippen LogP contribution in [0.5, 0.6) is 0 Å². The highest BCUT2D eigenvalue weighted by Gasteiger charge is 2.20. The van der Waals surface area contributed by atoms with Crippen molar-refractivity contribution >= 4 is 32.3 Å². The first-order chi connectivity index (χ1) is 23.8. The lowest BCUT2D eigenvalue weighted by atomic mass is 9.82. The molecule has 0 N–H and O–H groups in total. The summed E-state index contributed by atoms with van der Waals surface area (Å²) in [6, 6.07) is 50.3. The third-order valence-electron chi connectivity index (χ3n) is 9.36. The van der Waals surface area contributed by atoms with Crippen molar-refractivity contribution in [2.75, 3.05) is 0 Å². The molecule has 3 aromatic heterocycles. The van der Waals surface area contributed by atoms with Crippen LogP contribution in [0.1, 0.15) is 0 Å². The molecule has 9 rings (SSSR count). The van der Waals surface area contributed by atoms with E-state index >= 15 is 0 Å². The van der Waals surface area contributed by atoms with Gasteiger partial charge >= 0.3 is 0 Å². The molecule has 0 spiro atoms. The molecular weight excluding hydrogens is 583 g/mol. The summed E-state index contributed by atoms with van der Waals surface area (Å²) < 4.78 is 0. The Morgan fingerprint density at radius 3 is 1.35 bits per heavy atom. The number of aromatic nitrogens is 3. The molecule has 0 aliphatic rings. The van der Waals surface area contributed by atoms with Crippen LogP contribution in [0, 0.1) is 0 Å². The third-order valence-corrected chi connectivity index (χ3v) is 9.36. The Morgan fingerprint density at radius 1 is 0.292 bits per heavy atom. The highest BCUT2D eigenvalue weighted by Crippen LogP contribution is 2.47. The van der Waals surface area contributed by atoms with Crippen LogP contribution in [0.2, 0.25) is 0 Å². The Balaban J connectivity index is 1.26. The Morgan fingerprint density at radius 2 is 0.750 bits per heavy atom. The molecule has 0 fully saturated rings. The second kappa shape index (κ2) is 11.7. The van der Waals surface area contributed by atoms with Gasteiger partial charge in [0.05, 0.1) is 0 Å². The zero-order chi connectivity index (χ0) is 31.9. The number of fused-ring (bicyclic) bond motifs is 3. The summed E-state index contributed by atoms with van der Waals surface area (Å²) in [5, 5.41) is 7.38. The van der Waals surface area contributed by atoms with Gasteiger partial charge in [-0.15, -0.1) is 0 Å². The van der Waals surface area contributed by atoms with Crippen LogP contribution >= 0.6 is 0 Å². The van der Waals surface area contributed by atoms with Crippen LogP contribution in [0.25, 0.3) is 88.0 Å². The summed E-state index contributed by atoms with van der Waals surface area (Å²) in [4.78, 5) is 13.1. The van der Waals surface area contributed by atoms with Crippen molar-refractivity contribution < 1.29 is 0 Å². The van der Waals surface area contributed by atoms with E-state index in [1.807, 2.05) is 49.3 Å². The summed E-state index contributed by atoms with van der Waals surface area (Å²) in [5.41, 5.74) is 11.7. The first-order valence-corrected chi connectivity index (χ1v) is 16.2. The summed E-state index contributed by atoms with van der Waals surface area (Å²) in [6.07, 6.45) is 11.2. The molecule has 0 unspecified atom stereocenters. The van der Waals surface area contributed by atoms with Crippen molar-refractivity contribution in [2.45, 2.75) is 0 Å². The topological polar surface area (TPSA) is 38.7 Å². The summed E-state index contributed by atoms with van der Waals surface area (Å²) in [7, 11) is 0. The van der Waals surface area contributed by atoms with Crippen LogP contribution in [0.15, 0.2) is 177 Å². The van der Waals surface area contributed by atoms with Gasteiger partial charge in [-0.25, -0.2) is 0 Å². The molecular formula is C45H29N3. The highest BCUT2D eigenvalue weighted by atomic mass is 14.6. The molecule has 6 aromatic carbocycles. The monoisotopic (exact) mass is 611 g/mol. The van der Waals surface area contributed by atoms with E-state index in [1.54, 1.807) is 0 Å². The van der Waals surface area contributed by atoms with Crippen LogP contribution in [0.3, 0.4) is 0 Å². The molecule has 0 amide bonds. The molecule has 0 saturated carbocycles. The van der Waals surface area contributed by atoms with Crippen molar-refractivity contribution in [3.63, 3.8) is 0 Å². The second-order valence-corrected chi connectivity index (χ2v) is 12.1. The fourth-order valence-corrected chi connectivity index (χ4v) is 7.17. The van der Waals surface area contributed by atoms with Crippen LogP contribution in [0.4, 0.5) is 0 Å². The van der Waals surface area contributed by atoms with Gasteiger partial charge in [0.25, 0.3) is 0 Å².